The van der Waals surface area contributed by atoms with E-state index in [1.807, 2.05) is 84.9 Å². The lowest BCUT2D eigenvalue weighted by molar-refractivity contribution is 0.268. The maximum Gasteiger partial charge on any atom is 0.193 e. The van der Waals surface area contributed by atoms with Crippen LogP contribution in [0.3, 0.4) is 0 Å². The molecule has 4 N–H and O–H groups in total. The summed E-state index contributed by atoms with van der Waals surface area (Å²) in [5, 5.41) is 12.7. The third-order valence-electron chi connectivity index (χ3n) is 4.06. The van der Waals surface area contributed by atoms with Gasteiger partial charge in [0, 0.05) is 17.7 Å². The van der Waals surface area contributed by atoms with Crippen molar-refractivity contribution in [1.82, 2.24) is 0 Å². The standard InChI is InChI=1S/C22H23N3O2.HI/c23-22(24-15-18(16-26)17-8-3-1-4-9-17)25-19-10-7-13-21(14-19)27-20-11-5-2-6-12-20;/h1-14,18,26H,15-16H2,(H3,23,24,25);1H. The summed E-state index contributed by atoms with van der Waals surface area (Å²) in [6, 6.07) is 26.9. The molecule has 0 saturated heterocycles. The zero-order valence-corrected chi connectivity index (χ0v) is 17.7. The smallest absolute Gasteiger partial charge is 0.193 e. The summed E-state index contributed by atoms with van der Waals surface area (Å²) >= 11 is 0. The average Bonchev–Trinajstić information content (AvgIpc) is 2.70. The highest BCUT2D eigenvalue weighted by Crippen LogP contribution is 2.23. The molecule has 3 aromatic rings. The average molecular weight is 489 g/mol. The number of hydrogen-bond donors (Lipinski definition) is 3. The Morgan fingerprint density at radius 3 is 2.25 bits per heavy atom. The number of anilines is 1. The lowest BCUT2D eigenvalue weighted by atomic mass is 10.0. The number of para-hydroxylation sites is 1. The number of aliphatic hydroxyl groups excluding tert-OH is 1. The van der Waals surface area contributed by atoms with Crippen LogP contribution in [0.15, 0.2) is 89.9 Å². The Morgan fingerprint density at radius 1 is 0.929 bits per heavy atom. The molecule has 0 radical (unpaired) electrons. The Hall–Kier alpha value is -2.58. The first-order valence-electron chi connectivity index (χ1n) is 8.80. The Balaban J connectivity index is 0.00000280. The molecule has 6 heteroatoms. The second-order valence-electron chi connectivity index (χ2n) is 6.08. The molecular formula is C22H24IN3O2. The number of nitrogens with zero attached hydrogens (tertiary/aromatic N) is 1. The zero-order valence-electron chi connectivity index (χ0n) is 15.4. The van der Waals surface area contributed by atoms with Gasteiger partial charge in [0.15, 0.2) is 5.96 Å². The van der Waals surface area contributed by atoms with Gasteiger partial charge in [-0.25, -0.2) is 0 Å². The van der Waals surface area contributed by atoms with Crippen molar-refractivity contribution in [2.75, 3.05) is 18.5 Å². The fraction of sp³-hybridized carbons (Fsp3) is 0.136. The van der Waals surface area contributed by atoms with Crippen molar-refractivity contribution in [1.29, 1.82) is 0 Å². The first-order valence-corrected chi connectivity index (χ1v) is 8.80. The maximum atomic E-state index is 9.61. The van der Waals surface area contributed by atoms with Gasteiger partial charge >= 0.3 is 0 Å². The summed E-state index contributed by atoms with van der Waals surface area (Å²) in [6.45, 7) is 0.417. The van der Waals surface area contributed by atoms with E-state index in [9.17, 15) is 5.11 Å². The van der Waals surface area contributed by atoms with Crippen molar-refractivity contribution in [3.8, 4) is 11.5 Å². The predicted octanol–water partition coefficient (Wildman–Crippen LogP) is 4.60. The third-order valence-corrected chi connectivity index (χ3v) is 4.06. The molecule has 0 bridgehead atoms. The quantitative estimate of drug-likeness (QED) is 0.258. The fourth-order valence-corrected chi connectivity index (χ4v) is 2.65. The second kappa shape index (κ2) is 11.3. The number of benzene rings is 3. The topological polar surface area (TPSA) is 79.9 Å². The summed E-state index contributed by atoms with van der Waals surface area (Å²) in [6.07, 6.45) is 0. The molecule has 1 unspecified atom stereocenters. The molecule has 0 spiro atoms. The summed E-state index contributed by atoms with van der Waals surface area (Å²) in [4.78, 5) is 4.36. The minimum Gasteiger partial charge on any atom is -0.457 e. The van der Waals surface area contributed by atoms with Crippen molar-refractivity contribution in [2.45, 2.75) is 5.92 Å². The van der Waals surface area contributed by atoms with E-state index in [4.69, 9.17) is 10.5 Å². The molecule has 28 heavy (non-hydrogen) atoms. The normalized spacial score (nSPS) is 12.0. The van der Waals surface area contributed by atoms with Gasteiger partial charge in [0.1, 0.15) is 11.5 Å². The van der Waals surface area contributed by atoms with Crippen LogP contribution in [-0.4, -0.2) is 24.2 Å². The monoisotopic (exact) mass is 489 g/mol. The number of nitrogens with one attached hydrogen (secondary N) is 1. The van der Waals surface area contributed by atoms with Crippen LogP contribution in [0, 0.1) is 0 Å². The van der Waals surface area contributed by atoms with Crippen molar-refractivity contribution >= 4 is 35.6 Å². The number of aliphatic hydroxyl groups is 1. The lowest BCUT2D eigenvalue weighted by Crippen LogP contribution is -2.24. The number of hydrogen-bond acceptors (Lipinski definition) is 3. The highest BCUT2D eigenvalue weighted by Gasteiger charge is 2.09. The Bertz CT molecular complexity index is 873. The predicted molar refractivity (Wildman–Crippen MR) is 125 cm³/mol. The SMILES string of the molecule is I.NC(=NCC(CO)c1ccccc1)Nc1cccc(Oc2ccccc2)c1. The van der Waals surface area contributed by atoms with E-state index >= 15 is 0 Å². The minimum atomic E-state index is -0.0840. The van der Waals surface area contributed by atoms with Crippen LogP contribution in [0.1, 0.15) is 11.5 Å². The highest BCUT2D eigenvalue weighted by molar-refractivity contribution is 14.0. The van der Waals surface area contributed by atoms with Crippen LogP contribution in [0.4, 0.5) is 5.69 Å². The summed E-state index contributed by atoms with van der Waals surface area (Å²) in [5.74, 6) is 1.68. The fourth-order valence-electron chi connectivity index (χ4n) is 2.65. The van der Waals surface area contributed by atoms with E-state index in [2.05, 4.69) is 10.3 Å². The molecule has 0 aliphatic heterocycles. The van der Waals surface area contributed by atoms with Crippen LogP contribution < -0.4 is 15.8 Å². The lowest BCUT2D eigenvalue weighted by Gasteiger charge is -2.13. The van der Waals surface area contributed by atoms with E-state index < -0.39 is 0 Å². The van der Waals surface area contributed by atoms with Crippen molar-refractivity contribution in [2.24, 2.45) is 10.7 Å². The molecular weight excluding hydrogens is 465 g/mol. The number of halogens is 1. The van der Waals surface area contributed by atoms with E-state index in [1.165, 1.54) is 0 Å². The van der Waals surface area contributed by atoms with Gasteiger partial charge in [-0.05, 0) is 29.8 Å². The minimum absolute atomic E-state index is 0. The molecule has 0 aromatic heterocycles. The van der Waals surface area contributed by atoms with Gasteiger partial charge in [0.2, 0.25) is 0 Å². The molecule has 0 fully saturated rings. The van der Waals surface area contributed by atoms with Crippen LogP contribution in [0.2, 0.25) is 0 Å². The summed E-state index contributed by atoms with van der Waals surface area (Å²) < 4.78 is 5.82. The molecule has 0 saturated carbocycles. The van der Waals surface area contributed by atoms with Crippen LogP contribution in [0.5, 0.6) is 11.5 Å². The van der Waals surface area contributed by atoms with Crippen molar-refractivity contribution in [3.63, 3.8) is 0 Å². The van der Waals surface area contributed by atoms with E-state index in [-0.39, 0.29) is 36.5 Å². The van der Waals surface area contributed by atoms with Crippen LogP contribution >= 0.6 is 24.0 Å². The number of guanidine groups is 1. The molecule has 0 heterocycles. The number of rotatable bonds is 7. The molecule has 3 aromatic carbocycles. The van der Waals surface area contributed by atoms with Gasteiger partial charge in [-0.3, -0.25) is 4.99 Å². The third kappa shape index (κ3) is 6.54. The van der Waals surface area contributed by atoms with Crippen LogP contribution in [-0.2, 0) is 0 Å². The molecule has 1 atom stereocenters. The van der Waals surface area contributed by atoms with Gasteiger partial charge in [-0.1, -0.05) is 54.6 Å². The Morgan fingerprint density at radius 2 is 1.57 bits per heavy atom. The Kier molecular flexibility index (Phi) is 8.77. The molecule has 0 aliphatic rings. The van der Waals surface area contributed by atoms with E-state index in [0.717, 1.165) is 17.0 Å². The van der Waals surface area contributed by atoms with Crippen LogP contribution in [0.25, 0.3) is 0 Å². The molecule has 146 valence electrons. The number of aliphatic imine (C=N–C) groups is 1. The molecule has 5 nitrogen and oxygen atoms in total. The van der Waals surface area contributed by atoms with Gasteiger partial charge in [0.25, 0.3) is 0 Å². The van der Waals surface area contributed by atoms with E-state index in [1.54, 1.807) is 0 Å². The molecule has 3 rings (SSSR count). The van der Waals surface area contributed by atoms with Crippen molar-refractivity contribution in [3.05, 3.63) is 90.5 Å². The number of ether oxygens (including phenoxy) is 1. The summed E-state index contributed by atoms with van der Waals surface area (Å²) in [7, 11) is 0. The zero-order chi connectivity index (χ0) is 18.9. The Labute approximate surface area is 182 Å². The molecule has 0 aliphatic carbocycles. The van der Waals surface area contributed by atoms with Crippen molar-refractivity contribution < 1.29 is 9.84 Å². The first-order chi connectivity index (χ1) is 13.2. The van der Waals surface area contributed by atoms with E-state index in [0.29, 0.717) is 18.3 Å². The second-order valence-corrected chi connectivity index (χ2v) is 6.08. The van der Waals surface area contributed by atoms with Gasteiger partial charge < -0.3 is 20.9 Å². The van der Waals surface area contributed by atoms with Gasteiger partial charge in [-0.2, -0.15) is 0 Å². The maximum absolute atomic E-state index is 9.61. The highest BCUT2D eigenvalue weighted by atomic mass is 127. The number of nitrogens with two attached hydrogens (primary N) is 1. The summed E-state index contributed by atoms with van der Waals surface area (Å²) in [5.41, 5.74) is 7.83. The largest absolute Gasteiger partial charge is 0.457 e. The van der Waals surface area contributed by atoms with Gasteiger partial charge in [-0.15, -0.1) is 24.0 Å². The molecule has 0 amide bonds. The van der Waals surface area contributed by atoms with Gasteiger partial charge in [0.05, 0.1) is 13.2 Å². The first kappa shape index (κ1) is 21.7.